The third-order valence-corrected chi connectivity index (χ3v) is 9.49. The molecule has 1 saturated heterocycles. The number of nitrogens with zero attached hydrogens (tertiary/aromatic N) is 1. The van der Waals surface area contributed by atoms with Crippen LogP contribution in [0.4, 0.5) is 4.79 Å². The summed E-state index contributed by atoms with van der Waals surface area (Å²) in [5, 5.41) is 43.8. The summed E-state index contributed by atoms with van der Waals surface area (Å²) in [6, 6.07) is -0.337. The number of aliphatic hydroxyl groups excluding tert-OH is 4. The van der Waals surface area contributed by atoms with Crippen molar-refractivity contribution >= 4 is 6.03 Å². The van der Waals surface area contributed by atoms with Gasteiger partial charge < -0.3 is 30.5 Å². The normalized spacial score (nSPS) is 21.7. The van der Waals surface area contributed by atoms with Gasteiger partial charge in [-0.2, -0.15) is 0 Å². The number of unbranched alkanes of at least 4 members (excludes halogenated alkanes) is 24. The van der Waals surface area contributed by atoms with Crippen LogP contribution in [0.25, 0.3) is 0 Å². The van der Waals surface area contributed by atoms with E-state index in [0.29, 0.717) is 13.1 Å². The van der Waals surface area contributed by atoms with E-state index in [1.807, 2.05) is 0 Å². The predicted octanol–water partition coefficient (Wildman–Crippen LogP) is 7.98. The third kappa shape index (κ3) is 20.1. The molecule has 8 heteroatoms. The Morgan fingerprint density at radius 1 is 0.556 bits per heavy atom. The van der Waals surface area contributed by atoms with Gasteiger partial charge in [0.1, 0.15) is 24.4 Å². The first-order chi connectivity index (χ1) is 22.0. The number of aliphatic hydroxyl groups is 4. The number of ether oxygens (including phenoxy) is 1. The maximum absolute atomic E-state index is 13.2. The zero-order valence-corrected chi connectivity index (χ0v) is 29.4. The summed E-state index contributed by atoms with van der Waals surface area (Å²) in [5.41, 5.74) is 0. The molecule has 0 aromatic heterocycles. The van der Waals surface area contributed by atoms with Gasteiger partial charge >= 0.3 is 6.03 Å². The molecule has 0 aromatic rings. The summed E-state index contributed by atoms with van der Waals surface area (Å²) in [5.74, 6) is 0. The number of rotatable bonds is 30. The second-order valence-corrected chi connectivity index (χ2v) is 13.6. The Kier molecular flexibility index (Phi) is 27.3. The minimum Gasteiger partial charge on any atom is -0.394 e. The van der Waals surface area contributed by atoms with Gasteiger partial charge in [0.05, 0.1) is 6.61 Å². The van der Waals surface area contributed by atoms with Gasteiger partial charge in [0.2, 0.25) is 0 Å². The molecule has 1 fully saturated rings. The van der Waals surface area contributed by atoms with Crippen molar-refractivity contribution in [3.63, 3.8) is 0 Å². The van der Waals surface area contributed by atoms with Crippen molar-refractivity contribution in [2.75, 3.05) is 19.7 Å². The quantitative estimate of drug-likeness (QED) is 0.0507. The first-order valence-corrected chi connectivity index (χ1v) is 19.3. The molecule has 5 atom stereocenters. The van der Waals surface area contributed by atoms with Crippen LogP contribution in [-0.4, -0.2) is 81.7 Å². The monoisotopic (exact) mass is 643 g/mol. The van der Waals surface area contributed by atoms with Crippen LogP contribution in [0.1, 0.15) is 181 Å². The summed E-state index contributed by atoms with van der Waals surface area (Å²) < 4.78 is 5.75. The van der Waals surface area contributed by atoms with Gasteiger partial charge in [-0.1, -0.05) is 168 Å². The van der Waals surface area contributed by atoms with Crippen LogP contribution >= 0.6 is 0 Å². The van der Waals surface area contributed by atoms with Crippen molar-refractivity contribution in [2.24, 2.45) is 0 Å². The lowest BCUT2D eigenvalue weighted by Crippen LogP contribution is -2.65. The lowest BCUT2D eigenvalue weighted by molar-refractivity contribution is -0.257. The van der Waals surface area contributed by atoms with Crippen LogP contribution in [0.2, 0.25) is 0 Å². The second-order valence-electron chi connectivity index (χ2n) is 13.6. The minimum absolute atomic E-state index is 0.337. The van der Waals surface area contributed by atoms with Gasteiger partial charge in [-0.05, 0) is 12.8 Å². The highest BCUT2D eigenvalue weighted by Crippen LogP contribution is 2.24. The lowest BCUT2D eigenvalue weighted by atomic mass is 9.97. The predicted molar refractivity (Wildman–Crippen MR) is 185 cm³/mol. The summed E-state index contributed by atoms with van der Waals surface area (Å²) >= 11 is 0. The Hall–Kier alpha value is -0.930. The zero-order valence-electron chi connectivity index (χ0n) is 29.4. The summed E-state index contributed by atoms with van der Waals surface area (Å²) in [7, 11) is 0. The molecule has 1 aliphatic heterocycles. The van der Waals surface area contributed by atoms with Gasteiger partial charge in [0, 0.05) is 13.1 Å². The fourth-order valence-corrected chi connectivity index (χ4v) is 6.42. The SMILES string of the molecule is CCCCCCCCCCCCCCCCCCNC(=O)N(CCCCCCCCCCCC)C1O[C@H](CO)[C@@H](O)[C@H](O)[C@H]1O. The summed E-state index contributed by atoms with van der Waals surface area (Å²) in [6.07, 6.45) is 26.0. The average Bonchev–Trinajstić information content (AvgIpc) is 3.04. The molecule has 268 valence electrons. The Morgan fingerprint density at radius 3 is 1.33 bits per heavy atom. The molecule has 2 amide bonds. The van der Waals surface area contributed by atoms with E-state index in [9.17, 15) is 25.2 Å². The van der Waals surface area contributed by atoms with Crippen LogP contribution < -0.4 is 5.32 Å². The largest absolute Gasteiger partial charge is 0.394 e. The second kappa shape index (κ2) is 29.2. The molecule has 45 heavy (non-hydrogen) atoms. The molecule has 8 nitrogen and oxygen atoms in total. The number of hydrogen-bond donors (Lipinski definition) is 5. The average molecular weight is 643 g/mol. The van der Waals surface area contributed by atoms with Gasteiger partial charge in [-0.15, -0.1) is 0 Å². The van der Waals surface area contributed by atoms with E-state index in [1.165, 1.54) is 140 Å². The number of urea groups is 1. The third-order valence-electron chi connectivity index (χ3n) is 9.49. The van der Waals surface area contributed by atoms with E-state index in [2.05, 4.69) is 19.2 Å². The molecular weight excluding hydrogens is 568 g/mol. The molecule has 0 aliphatic carbocycles. The number of hydrogen-bond acceptors (Lipinski definition) is 6. The highest BCUT2D eigenvalue weighted by atomic mass is 16.6. The fraction of sp³-hybridized carbons (Fsp3) is 0.973. The number of carbonyl (C=O) groups is 1. The Morgan fingerprint density at radius 2 is 0.933 bits per heavy atom. The molecule has 1 unspecified atom stereocenters. The first-order valence-electron chi connectivity index (χ1n) is 19.3. The molecule has 1 rings (SSSR count). The van der Waals surface area contributed by atoms with Gasteiger partial charge in [-0.25, -0.2) is 4.79 Å². The maximum atomic E-state index is 13.2. The van der Waals surface area contributed by atoms with E-state index >= 15 is 0 Å². The maximum Gasteiger partial charge on any atom is 0.319 e. The zero-order chi connectivity index (χ0) is 33.0. The van der Waals surface area contributed by atoms with E-state index < -0.39 is 37.3 Å². The van der Waals surface area contributed by atoms with Gasteiger partial charge in [0.15, 0.2) is 6.23 Å². The van der Waals surface area contributed by atoms with Crippen LogP contribution in [-0.2, 0) is 4.74 Å². The number of nitrogens with one attached hydrogen (secondary N) is 1. The molecule has 0 radical (unpaired) electrons. The molecule has 0 saturated carbocycles. The van der Waals surface area contributed by atoms with E-state index in [4.69, 9.17) is 4.74 Å². The Labute approximate surface area is 277 Å². The van der Waals surface area contributed by atoms with Crippen LogP contribution in [0.3, 0.4) is 0 Å². The van der Waals surface area contributed by atoms with Crippen LogP contribution in [0.5, 0.6) is 0 Å². The standard InChI is InChI=1S/C37H74N2O6/c1-3-5-7-9-11-13-15-16-17-18-19-20-21-23-25-27-29-38-37(44)39(30-28-26-24-22-14-12-10-8-6-4-2)36-35(43)34(42)33(41)32(31-40)45-36/h32-36,40-43H,3-31H2,1-2H3,(H,38,44)/t32-,33-,34+,35-,36?/m1/s1. The van der Waals surface area contributed by atoms with Crippen molar-refractivity contribution in [2.45, 2.75) is 211 Å². The minimum atomic E-state index is -1.50. The van der Waals surface area contributed by atoms with Gasteiger partial charge in [-0.3, -0.25) is 4.90 Å². The topological polar surface area (TPSA) is 122 Å². The van der Waals surface area contributed by atoms with Crippen LogP contribution in [0, 0.1) is 0 Å². The molecule has 5 N–H and O–H groups in total. The molecule has 1 aliphatic rings. The Balaban J connectivity index is 2.28. The lowest BCUT2D eigenvalue weighted by Gasteiger charge is -2.44. The first kappa shape index (κ1) is 42.1. The van der Waals surface area contributed by atoms with Crippen molar-refractivity contribution in [1.29, 1.82) is 0 Å². The van der Waals surface area contributed by atoms with Crippen molar-refractivity contribution in [3.05, 3.63) is 0 Å². The number of amides is 2. The van der Waals surface area contributed by atoms with E-state index in [0.717, 1.165) is 32.1 Å². The Bertz CT molecular complexity index is 667. The molecule has 0 bridgehead atoms. The number of carbonyl (C=O) groups excluding carboxylic acids is 1. The van der Waals surface area contributed by atoms with Crippen molar-refractivity contribution in [3.8, 4) is 0 Å². The van der Waals surface area contributed by atoms with E-state index in [-0.39, 0.29) is 6.03 Å². The highest BCUT2D eigenvalue weighted by molar-refractivity contribution is 5.74. The molecule has 0 spiro atoms. The van der Waals surface area contributed by atoms with E-state index in [1.54, 1.807) is 0 Å². The summed E-state index contributed by atoms with van der Waals surface area (Å²) in [4.78, 5) is 14.7. The highest BCUT2D eigenvalue weighted by Gasteiger charge is 2.46. The molecule has 0 aromatic carbocycles. The van der Waals surface area contributed by atoms with Crippen molar-refractivity contribution < 1.29 is 30.0 Å². The molecular formula is C37H74N2O6. The molecule has 1 heterocycles. The summed E-state index contributed by atoms with van der Waals surface area (Å²) in [6.45, 7) is 4.92. The smallest absolute Gasteiger partial charge is 0.319 e. The fourth-order valence-electron chi connectivity index (χ4n) is 6.42. The van der Waals surface area contributed by atoms with Gasteiger partial charge in [0.25, 0.3) is 0 Å². The van der Waals surface area contributed by atoms with Crippen molar-refractivity contribution in [1.82, 2.24) is 10.2 Å². The van der Waals surface area contributed by atoms with Crippen LogP contribution in [0.15, 0.2) is 0 Å².